The molecule has 1 aromatic rings. The van der Waals surface area contributed by atoms with E-state index >= 15 is 0 Å². The maximum absolute atomic E-state index is 12.3. The minimum Gasteiger partial charge on any atom is -0.458 e. The van der Waals surface area contributed by atoms with Crippen LogP contribution in [-0.2, 0) is 4.74 Å². The van der Waals surface area contributed by atoms with Gasteiger partial charge < -0.3 is 4.74 Å². The summed E-state index contributed by atoms with van der Waals surface area (Å²) in [6.07, 6.45) is 5.30. The predicted molar refractivity (Wildman–Crippen MR) is 104 cm³/mol. The summed E-state index contributed by atoms with van der Waals surface area (Å²) in [7, 11) is 0. The van der Waals surface area contributed by atoms with Gasteiger partial charge in [0.15, 0.2) is 0 Å². The van der Waals surface area contributed by atoms with Crippen molar-refractivity contribution in [2.45, 2.75) is 47.0 Å². The van der Waals surface area contributed by atoms with Crippen molar-refractivity contribution < 1.29 is 19.4 Å². The van der Waals surface area contributed by atoms with Crippen molar-refractivity contribution in [2.75, 3.05) is 6.61 Å². The van der Waals surface area contributed by atoms with Gasteiger partial charge >= 0.3 is 5.97 Å². The second-order valence-corrected chi connectivity index (χ2v) is 7.75. The molecule has 0 N–H and O–H groups in total. The highest BCUT2D eigenvalue weighted by atomic mass is 16.6. The number of carbonyl (C=O) groups is 1. The summed E-state index contributed by atoms with van der Waals surface area (Å²) >= 11 is 0. The van der Waals surface area contributed by atoms with Gasteiger partial charge in [-0.25, -0.2) is 4.79 Å². The molecule has 0 saturated heterocycles. The number of rotatable bonds is 6. The van der Waals surface area contributed by atoms with E-state index in [1.54, 1.807) is 0 Å². The van der Waals surface area contributed by atoms with E-state index in [9.17, 15) is 25.0 Å². The molecule has 2 rings (SSSR count). The summed E-state index contributed by atoms with van der Waals surface area (Å²) in [6, 6.07) is 2.76. The van der Waals surface area contributed by atoms with E-state index in [2.05, 4.69) is 20.8 Å². The Bertz CT molecular complexity index is 850. The van der Waals surface area contributed by atoms with Gasteiger partial charge in [-0.15, -0.1) is 0 Å². The normalized spacial score (nSPS) is 16.6. The van der Waals surface area contributed by atoms with Crippen molar-refractivity contribution in [3.05, 3.63) is 66.8 Å². The second kappa shape index (κ2) is 8.33. The number of benzene rings is 1. The summed E-state index contributed by atoms with van der Waals surface area (Å²) in [5, 5.41) is 21.9. The standard InChI is InChI=1S/C20H24N2O6/c1-13(8-18-14(2)6-5-7-20(18,3)4)12-28-19(23)15-9-16(21(24)25)11-17(10-15)22(26)27/h8-11H,5-7,12H2,1-4H3/b13-8+. The van der Waals surface area contributed by atoms with Crippen LogP contribution in [-0.4, -0.2) is 22.4 Å². The van der Waals surface area contributed by atoms with Crippen LogP contribution in [0.3, 0.4) is 0 Å². The van der Waals surface area contributed by atoms with E-state index in [0.717, 1.165) is 43.0 Å². The second-order valence-electron chi connectivity index (χ2n) is 7.75. The molecular formula is C20H24N2O6. The number of nitro groups is 2. The lowest BCUT2D eigenvalue weighted by atomic mass is 9.72. The van der Waals surface area contributed by atoms with Gasteiger partial charge in [-0.3, -0.25) is 20.2 Å². The maximum atomic E-state index is 12.3. The molecule has 1 aromatic carbocycles. The maximum Gasteiger partial charge on any atom is 0.338 e. The smallest absolute Gasteiger partial charge is 0.338 e. The zero-order valence-electron chi connectivity index (χ0n) is 16.5. The number of ether oxygens (including phenoxy) is 1. The van der Waals surface area contributed by atoms with Crippen molar-refractivity contribution in [1.29, 1.82) is 0 Å². The average Bonchev–Trinajstić information content (AvgIpc) is 2.62. The monoisotopic (exact) mass is 388 g/mol. The summed E-state index contributed by atoms with van der Waals surface area (Å²) in [6.45, 7) is 8.32. The van der Waals surface area contributed by atoms with Crippen LogP contribution >= 0.6 is 0 Å². The summed E-state index contributed by atoms with van der Waals surface area (Å²) in [5.41, 5.74) is 2.15. The van der Waals surface area contributed by atoms with Crippen molar-refractivity contribution in [3.8, 4) is 0 Å². The molecule has 0 heterocycles. The Morgan fingerprint density at radius 2 is 1.75 bits per heavy atom. The molecule has 0 unspecified atom stereocenters. The summed E-state index contributed by atoms with van der Waals surface area (Å²) in [4.78, 5) is 32.6. The fourth-order valence-electron chi connectivity index (χ4n) is 3.44. The van der Waals surface area contributed by atoms with Crippen molar-refractivity contribution >= 4 is 17.3 Å². The lowest BCUT2D eigenvalue weighted by Gasteiger charge is -2.33. The highest BCUT2D eigenvalue weighted by Gasteiger charge is 2.27. The Morgan fingerprint density at radius 1 is 1.18 bits per heavy atom. The minimum atomic E-state index is -0.840. The van der Waals surface area contributed by atoms with Crippen molar-refractivity contribution in [1.82, 2.24) is 0 Å². The van der Waals surface area contributed by atoms with Gasteiger partial charge in [0.1, 0.15) is 6.61 Å². The fourth-order valence-corrected chi connectivity index (χ4v) is 3.44. The van der Waals surface area contributed by atoms with E-state index < -0.39 is 27.2 Å². The molecule has 150 valence electrons. The molecular weight excluding hydrogens is 364 g/mol. The van der Waals surface area contributed by atoms with E-state index in [-0.39, 0.29) is 17.6 Å². The van der Waals surface area contributed by atoms with E-state index in [1.165, 1.54) is 11.1 Å². The van der Waals surface area contributed by atoms with Crippen LogP contribution in [0.1, 0.15) is 57.3 Å². The van der Waals surface area contributed by atoms with Gasteiger partial charge in [-0.05, 0) is 49.7 Å². The number of esters is 1. The van der Waals surface area contributed by atoms with Gasteiger partial charge in [-0.1, -0.05) is 25.5 Å². The Hall–Kier alpha value is -3.03. The van der Waals surface area contributed by atoms with Gasteiger partial charge in [-0.2, -0.15) is 0 Å². The van der Waals surface area contributed by atoms with E-state index in [4.69, 9.17) is 4.74 Å². The first-order valence-corrected chi connectivity index (χ1v) is 8.99. The van der Waals surface area contributed by atoms with Crippen molar-refractivity contribution in [2.24, 2.45) is 5.41 Å². The van der Waals surface area contributed by atoms with Crippen LogP contribution in [0.15, 0.2) is 41.0 Å². The summed E-state index contributed by atoms with van der Waals surface area (Å²) in [5.74, 6) is -0.840. The first kappa shape index (κ1) is 21.3. The van der Waals surface area contributed by atoms with Crippen LogP contribution < -0.4 is 0 Å². The zero-order valence-corrected chi connectivity index (χ0v) is 16.5. The molecule has 28 heavy (non-hydrogen) atoms. The molecule has 0 fully saturated rings. The number of carbonyl (C=O) groups excluding carboxylic acids is 1. The van der Waals surface area contributed by atoms with Crippen molar-refractivity contribution in [3.63, 3.8) is 0 Å². The molecule has 1 aliphatic carbocycles. The Morgan fingerprint density at radius 3 is 2.25 bits per heavy atom. The van der Waals surface area contributed by atoms with E-state index in [1.807, 2.05) is 13.0 Å². The molecule has 0 amide bonds. The number of non-ortho nitro benzene ring substituents is 2. The number of allylic oxidation sites excluding steroid dienone is 3. The molecule has 0 bridgehead atoms. The predicted octanol–water partition coefficient (Wildman–Crippen LogP) is 5.13. The van der Waals surface area contributed by atoms with Gasteiger partial charge in [0.25, 0.3) is 11.4 Å². The van der Waals surface area contributed by atoms with Crippen LogP contribution in [0.2, 0.25) is 0 Å². The van der Waals surface area contributed by atoms with Crippen LogP contribution in [0, 0.1) is 25.6 Å². The SMILES string of the molecule is CC1=C(/C=C(\C)COC(=O)c2cc([N+](=O)[O-])cc([N+](=O)[O-])c2)C(C)(C)CCC1. The highest BCUT2D eigenvalue weighted by Crippen LogP contribution is 2.41. The molecule has 0 radical (unpaired) electrons. The zero-order chi connectivity index (χ0) is 21.1. The molecule has 0 aliphatic heterocycles. The molecule has 0 saturated carbocycles. The third kappa shape index (κ3) is 5.03. The lowest BCUT2D eigenvalue weighted by Crippen LogP contribution is -2.19. The summed E-state index contributed by atoms with van der Waals surface area (Å²) < 4.78 is 5.23. The number of nitro benzene ring substituents is 2. The quantitative estimate of drug-likeness (QED) is 0.379. The van der Waals surface area contributed by atoms with E-state index in [0.29, 0.717) is 0 Å². The minimum absolute atomic E-state index is 0.00217. The number of nitrogens with zero attached hydrogens (tertiary/aromatic N) is 2. The first-order chi connectivity index (χ1) is 13.0. The number of hydrogen-bond donors (Lipinski definition) is 0. The van der Waals surface area contributed by atoms with Gasteiger partial charge in [0.2, 0.25) is 0 Å². The van der Waals surface area contributed by atoms with Crippen LogP contribution in [0.25, 0.3) is 0 Å². The van der Waals surface area contributed by atoms with Crippen LogP contribution in [0.4, 0.5) is 11.4 Å². The average molecular weight is 388 g/mol. The lowest BCUT2D eigenvalue weighted by molar-refractivity contribution is -0.394. The largest absolute Gasteiger partial charge is 0.458 e. The number of hydrogen-bond acceptors (Lipinski definition) is 6. The van der Waals surface area contributed by atoms with Gasteiger partial charge in [0.05, 0.1) is 21.5 Å². The molecule has 0 spiro atoms. The third-order valence-electron chi connectivity index (χ3n) is 4.92. The highest BCUT2D eigenvalue weighted by molar-refractivity contribution is 5.91. The Labute approximate surface area is 163 Å². The molecule has 8 nitrogen and oxygen atoms in total. The third-order valence-corrected chi connectivity index (χ3v) is 4.92. The topological polar surface area (TPSA) is 113 Å². The Kier molecular flexibility index (Phi) is 6.33. The molecule has 1 aliphatic rings. The van der Waals surface area contributed by atoms with Gasteiger partial charge in [0, 0.05) is 12.1 Å². The van der Waals surface area contributed by atoms with Crippen LogP contribution in [0.5, 0.6) is 0 Å². The Balaban J connectivity index is 2.18. The molecule has 8 heteroatoms. The molecule has 0 aromatic heterocycles. The fraction of sp³-hybridized carbons (Fsp3) is 0.450. The first-order valence-electron chi connectivity index (χ1n) is 8.99. The molecule has 0 atom stereocenters.